The summed E-state index contributed by atoms with van der Waals surface area (Å²) in [6, 6.07) is 4.42. The second-order valence-corrected chi connectivity index (χ2v) is 4.69. The molecule has 5 heteroatoms. The van der Waals surface area contributed by atoms with Crippen molar-refractivity contribution in [3.05, 3.63) is 40.3 Å². The monoisotopic (exact) mass is 281 g/mol. The normalized spacial score (nSPS) is 10.7. The van der Waals surface area contributed by atoms with Crippen LogP contribution < -0.4 is 0 Å². The van der Waals surface area contributed by atoms with Crippen molar-refractivity contribution in [1.29, 1.82) is 0 Å². The number of methoxy groups -OCH3 is 1. The number of nitrogens with zero attached hydrogens (tertiary/aromatic N) is 1. The molecule has 0 N–H and O–H groups in total. The van der Waals surface area contributed by atoms with E-state index in [0.717, 1.165) is 5.69 Å². The highest BCUT2D eigenvalue weighted by Crippen LogP contribution is 2.27. The number of carbonyl (C=O) groups excluding carboxylic acids is 1. The van der Waals surface area contributed by atoms with E-state index in [0.29, 0.717) is 27.9 Å². The van der Waals surface area contributed by atoms with Gasteiger partial charge in [-0.25, -0.2) is 4.39 Å². The Morgan fingerprint density at radius 2 is 2.16 bits per heavy atom. The Morgan fingerprint density at radius 1 is 1.42 bits per heavy atom. The number of rotatable bonds is 3. The van der Waals surface area contributed by atoms with Gasteiger partial charge in [0, 0.05) is 17.5 Å². The number of fused-ring (bicyclic) bond motifs is 1. The highest BCUT2D eigenvalue weighted by atomic mass is 35.5. The molecular weight excluding hydrogens is 269 g/mol. The minimum absolute atomic E-state index is 0.183. The van der Waals surface area contributed by atoms with Gasteiger partial charge >= 0.3 is 5.97 Å². The van der Waals surface area contributed by atoms with Crippen molar-refractivity contribution < 1.29 is 13.9 Å². The van der Waals surface area contributed by atoms with Crippen molar-refractivity contribution in [3.63, 3.8) is 0 Å². The fourth-order valence-corrected chi connectivity index (χ4v) is 2.27. The standard InChI is InChI=1S/C14H13ClFNO2/c1-8-5-12(15)11-7-10(16)6-9(14(11)17-8)3-4-13(18)19-2/h5-7H,3-4H2,1-2H3. The zero-order valence-corrected chi connectivity index (χ0v) is 11.4. The smallest absolute Gasteiger partial charge is 0.305 e. The summed E-state index contributed by atoms with van der Waals surface area (Å²) in [7, 11) is 1.32. The molecule has 0 fully saturated rings. The maximum absolute atomic E-state index is 13.6. The lowest BCUT2D eigenvalue weighted by Gasteiger charge is -2.08. The van der Waals surface area contributed by atoms with Crippen molar-refractivity contribution in [3.8, 4) is 0 Å². The van der Waals surface area contributed by atoms with Crippen LogP contribution in [0.5, 0.6) is 0 Å². The van der Waals surface area contributed by atoms with Crippen LogP contribution >= 0.6 is 11.6 Å². The van der Waals surface area contributed by atoms with Crippen molar-refractivity contribution in [2.45, 2.75) is 19.8 Å². The molecule has 0 aliphatic carbocycles. The lowest BCUT2D eigenvalue weighted by Crippen LogP contribution is -2.03. The van der Waals surface area contributed by atoms with Gasteiger partial charge in [-0.15, -0.1) is 0 Å². The van der Waals surface area contributed by atoms with Crippen LogP contribution in [0.3, 0.4) is 0 Å². The average Bonchev–Trinajstić information content (AvgIpc) is 2.36. The first-order valence-electron chi connectivity index (χ1n) is 5.83. The molecule has 0 unspecified atom stereocenters. The van der Waals surface area contributed by atoms with Crippen LogP contribution in [-0.2, 0) is 16.0 Å². The summed E-state index contributed by atoms with van der Waals surface area (Å²) in [6.07, 6.45) is 0.552. The third kappa shape index (κ3) is 3.01. The number of pyridine rings is 1. The van der Waals surface area contributed by atoms with Crippen LogP contribution in [-0.4, -0.2) is 18.1 Å². The molecule has 0 radical (unpaired) electrons. The van der Waals surface area contributed by atoms with Gasteiger partial charge in [-0.05, 0) is 37.1 Å². The predicted molar refractivity (Wildman–Crippen MR) is 71.8 cm³/mol. The lowest BCUT2D eigenvalue weighted by molar-refractivity contribution is -0.140. The Balaban J connectivity index is 2.50. The van der Waals surface area contributed by atoms with Crippen LogP contribution in [0.1, 0.15) is 17.7 Å². The summed E-state index contributed by atoms with van der Waals surface area (Å²) in [4.78, 5) is 15.6. The number of hydrogen-bond donors (Lipinski definition) is 0. The first-order valence-corrected chi connectivity index (χ1v) is 6.21. The largest absolute Gasteiger partial charge is 0.469 e. The molecule has 0 aliphatic heterocycles. The summed E-state index contributed by atoms with van der Waals surface area (Å²) >= 11 is 6.10. The van der Waals surface area contributed by atoms with Crippen molar-refractivity contribution in [2.24, 2.45) is 0 Å². The zero-order valence-electron chi connectivity index (χ0n) is 10.7. The fraction of sp³-hybridized carbons (Fsp3) is 0.286. The first-order chi connectivity index (χ1) is 9.01. The van der Waals surface area contributed by atoms with Crippen LogP contribution in [0.25, 0.3) is 10.9 Å². The minimum Gasteiger partial charge on any atom is -0.469 e. The third-order valence-corrected chi connectivity index (χ3v) is 3.17. The summed E-state index contributed by atoms with van der Waals surface area (Å²) in [5.74, 6) is -0.726. The van der Waals surface area contributed by atoms with Gasteiger partial charge in [0.1, 0.15) is 5.82 Å². The molecule has 2 aromatic rings. The quantitative estimate of drug-likeness (QED) is 0.809. The van der Waals surface area contributed by atoms with Gasteiger partial charge in [-0.1, -0.05) is 11.6 Å². The SMILES string of the molecule is COC(=O)CCc1cc(F)cc2c(Cl)cc(C)nc12. The molecule has 0 saturated carbocycles. The summed E-state index contributed by atoms with van der Waals surface area (Å²) < 4.78 is 18.2. The number of aromatic nitrogens is 1. The summed E-state index contributed by atoms with van der Waals surface area (Å²) in [5.41, 5.74) is 2.05. The van der Waals surface area contributed by atoms with Crippen LogP contribution in [0.15, 0.2) is 18.2 Å². The van der Waals surface area contributed by atoms with Gasteiger partial charge < -0.3 is 4.74 Å². The van der Waals surface area contributed by atoms with Gasteiger partial charge in [0.05, 0.1) is 17.6 Å². The second kappa shape index (κ2) is 5.53. The van der Waals surface area contributed by atoms with E-state index >= 15 is 0 Å². The predicted octanol–water partition coefficient (Wildman–Crippen LogP) is 3.44. The van der Waals surface area contributed by atoms with Gasteiger partial charge in [0.15, 0.2) is 0 Å². The van der Waals surface area contributed by atoms with E-state index in [1.807, 2.05) is 6.92 Å². The molecule has 1 aromatic heterocycles. The Kier molecular flexibility index (Phi) is 4.00. The van der Waals surface area contributed by atoms with Crippen molar-refractivity contribution in [2.75, 3.05) is 7.11 Å². The van der Waals surface area contributed by atoms with E-state index in [2.05, 4.69) is 9.72 Å². The molecule has 0 amide bonds. The van der Waals surface area contributed by atoms with Gasteiger partial charge in [-0.3, -0.25) is 9.78 Å². The van der Waals surface area contributed by atoms with E-state index in [-0.39, 0.29) is 18.2 Å². The molecule has 0 aliphatic rings. The lowest BCUT2D eigenvalue weighted by atomic mass is 10.0. The number of halogens is 2. The molecule has 1 heterocycles. The highest BCUT2D eigenvalue weighted by molar-refractivity contribution is 6.35. The highest BCUT2D eigenvalue weighted by Gasteiger charge is 2.11. The molecule has 100 valence electrons. The van der Waals surface area contributed by atoms with Gasteiger partial charge in [0.25, 0.3) is 0 Å². The Bertz CT molecular complexity index is 643. The number of ether oxygens (including phenoxy) is 1. The van der Waals surface area contributed by atoms with Crippen LogP contribution in [0.4, 0.5) is 4.39 Å². The van der Waals surface area contributed by atoms with E-state index < -0.39 is 0 Å². The molecule has 3 nitrogen and oxygen atoms in total. The Labute approximate surface area is 115 Å². The topological polar surface area (TPSA) is 39.2 Å². The fourth-order valence-electron chi connectivity index (χ4n) is 1.97. The third-order valence-electron chi connectivity index (χ3n) is 2.86. The maximum Gasteiger partial charge on any atom is 0.305 e. The van der Waals surface area contributed by atoms with E-state index in [9.17, 15) is 9.18 Å². The number of aryl methyl sites for hydroxylation is 2. The number of esters is 1. The summed E-state index contributed by atoms with van der Waals surface area (Å²) in [6.45, 7) is 1.82. The number of hydrogen-bond acceptors (Lipinski definition) is 3. The van der Waals surface area contributed by atoms with Crippen molar-refractivity contribution >= 4 is 28.5 Å². The molecular formula is C14H13ClFNO2. The van der Waals surface area contributed by atoms with Crippen LogP contribution in [0.2, 0.25) is 5.02 Å². The maximum atomic E-state index is 13.6. The van der Waals surface area contributed by atoms with E-state index in [4.69, 9.17) is 11.6 Å². The second-order valence-electron chi connectivity index (χ2n) is 4.28. The Morgan fingerprint density at radius 3 is 2.84 bits per heavy atom. The molecule has 19 heavy (non-hydrogen) atoms. The molecule has 1 aromatic carbocycles. The van der Waals surface area contributed by atoms with Crippen LogP contribution in [0, 0.1) is 12.7 Å². The Hall–Kier alpha value is -1.68. The number of benzene rings is 1. The summed E-state index contributed by atoms with van der Waals surface area (Å²) in [5, 5.41) is 1.02. The molecule has 0 atom stereocenters. The molecule has 0 saturated heterocycles. The molecule has 0 bridgehead atoms. The average molecular weight is 282 g/mol. The zero-order chi connectivity index (χ0) is 14.0. The van der Waals surface area contributed by atoms with E-state index in [1.54, 1.807) is 6.07 Å². The van der Waals surface area contributed by atoms with Gasteiger partial charge in [-0.2, -0.15) is 0 Å². The molecule has 0 spiro atoms. The van der Waals surface area contributed by atoms with E-state index in [1.165, 1.54) is 19.2 Å². The number of carbonyl (C=O) groups is 1. The first kappa shape index (κ1) is 13.7. The van der Waals surface area contributed by atoms with Crippen molar-refractivity contribution in [1.82, 2.24) is 4.98 Å². The molecule has 2 rings (SSSR count). The van der Waals surface area contributed by atoms with Gasteiger partial charge in [0.2, 0.25) is 0 Å². The minimum atomic E-state index is -0.389.